The summed E-state index contributed by atoms with van der Waals surface area (Å²) in [7, 11) is 0. The summed E-state index contributed by atoms with van der Waals surface area (Å²) >= 11 is 1.78. The first-order valence-electron chi connectivity index (χ1n) is 8.09. The molecule has 1 aliphatic rings. The number of alkyl halides is 6. The van der Waals surface area contributed by atoms with E-state index in [1.165, 1.54) is 5.32 Å². The van der Waals surface area contributed by atoms with Gasteiger partial charge in [-0.1, -0.05) is 42.5 Å². The molecule has 2 N–H and O–H groups in total. The largest absolute Gasteiger partial charge is 0.365 e. The SMILES string of the molecule is O=C(CCCc1cccc2ccccc12)NC1(O)C(F)(F)C(F)(F)C1(F)Br. The van der Waals surface area contributed by atoms with Gasteiger partial charge in [-0.05, 0) is 45.1 Å². The van der Waals surface area contributed by atoms with Gasteiger partial charge in [0.15, 0.2) is 0 Å². The number of carbonyl (C=O) groups excluding carboxylic acids is 1. The van der Waals surface area contributed by atoms with E-state index in [4.69, 9.17) is 0 Å². The highest BCUT2D eigenvalue weighted by Crippen LogP contribution is 2.67. The van der Waals surface area contributed by atoms with Crippen molar-refractivity contribution < 1.29 is 31.9 Å². The zero-order chi connectivity index (χ0) is 20.1. The lowest BCUT2D eigenvalue weighted by Gasteiger charge is -2.57. The van der Waals surface area contributed by atoms with E-state index in [0.29, 0.717) is 6.42 Å². The lowest BCUT2D eigenvalue weighted by Crippen LogP contribution is -2.90. The van der Waals surface area contributed by atoms with Gasteiger partial charge in [0, 0.05) is 6.42 Å². The predicted octanol–water partition coefficient (Wildman–Crippen LogP) is 4.31. The lowest BCUT2D eigenvalue weighted by molar-refractivity contribution is -0.431. The smallest absolute Gasteiger partial charge is 0.362 e. The Balaban J connectivity index is 1.64. The minimum absolute atomic E-state index is 0.194. The van der Waals surface area contributed by atoms with Crippen molar-refractivity contribution in [3.63, 3.8) is 0 Å². The van der Waals surface area contributed by atoms with Crippen LogP contribution < -0.4 is 5.32 Å². The zero-order valence-corrected chi connectivity index (χ0v) is 15.4. The third kappa shape index (κ3) is 2.74. The standard InChI is InChI=1S/C18H15BrF5NO2/c19-15(20)16(21,22)17(23,24)18(15,27)25-14(26)10-4-8-12-7-3-6-11-5-1-2-9-13(11)12/h1-3,5-7,9,27H,4,8,10H2,(H,25,26). The van der Waals surface area contributed by atoms with Crippen LogP contribution in [0.3, 0.4) is 0 Å². The number of amides is 1. The van der Waals surface area contributed by atoms with E-state index in [1.54, 1.807) is 15.9 Å². The van der Waals surface area contributed by atoms with Gasteiger partial charge < -0.3 is 10.4 Å². The summed E-state index contributed by atoms with van der Waals surface area (Å²) in [6.45, 7) is 0. The monoisotopic (exact) mass is 451 g/mol. The Labute approximate surface area is 159 Å². The van der Waals surface area contributed by atoms with Crippen LogP contribution in [0.4, 0.5) is 22.0 Å². The van der Waals surface area contributed by atoms with Gasteiger partial charge in [0.05, 0.1) is 0 Å². The second-order valence-electron chi connectivity index (χ2n) is 6.47. The maximum Gasteiger partial charge on any atom is 0.365 e. The molecule has 0 radical (unpaired) electrons. The minimum Gasteiger partial charge on any atom is -0.362 e. The third-order valence-electron chi connectivity index (χ3n) is 4.75. The minimum atomic E-state index is -5.16. The highest BCUT2D eigenvalue weighted by molar-refractivity contribution is 9.10. The van der Waals surface area contributed by atoms with E-state index in [1.807, 2.05) is 42.5 Å². The Morgan fingerprint density at radius 2 is 1.63 bits per heavy atom. The van der Waals surface area contributed by atoms with Gasteiger partial charge in [-0.25, -0.2) is 4.39 Å². The second-order valence-corrected chi connectivity index (χ2v) is 7.57. The van der Waals surface area contributed by atoms with Crippen molar-refractivity contribution in [3.8, 4) is 0 Å². The molecule has 0 spiro atoms. The normalized spacial score (nSPS) is 28.6. The number of fused-ring (bicyclic) bond motifs is 1. The number of halogens is 6. The molecule has 3 nitrogen and oxygen atoms in total. The molecule has 0 heterocycles. The average Bonchev–Trinajstić information content (AvgIpc) is 2.60. The van der Waals surface area contributed by atoms with E-state index in [9.17, 15) is 31.9 Å². The van der Waals surface area contributed by atoms with Crippen LogP contribution in [0, 0.1) is 0 Å². The Morgan fingerprint density at radius 3 is 2.30 bits per heavy atom. The maximum absolute atomic E-state index is 13.9. The molecule has 0 aromatic heterocycles. The average molecular weight is 452 g/mol. The number of nitrogens with one attached hydrogen (secondary N) is 1. The number of hydrogen-bond donors (Lipinski definition) is 2. The molecule has 27 heavy (non-hydrogen) atoms. The summed E-state index contributed by atoms with van der Waals surface area (Å²) in [5, 5.41) is 12.9. The van der Waals surface area contributed by atoms with Crippen molar-refractivity contribution in [2.45, 2.75) is 41.4 Å². The van der Waals surface area contributed by atoms with Gasteiger partial charge in [0.2, 0.25) is 5.91 Å². The van der Waals surface area contributed by atoms with Crippen LogP contribution in [0.15, 0.2) is 42.5 Å². The van der Waals surface area contributed by atoms with E-state index < -0.39 is 28.1 Å². The van der Waals surface area contributed by atoms with Crippen molar-refractivity contribution in [1.82, 2.24) is 5.32 Å². The van der Waals surface area contributed by atoms with Gasteiger partial charge >= 0.3 is 11.8 Å². The quantitative estimate of drug-likeness (QED) is 0.404. The molecule has 2 unspecified atom stereocenters. The predicted molar refractivity (Wildman–Crippen MR) is 92.6 cm³/mol. The summed E-state index contributed by atoms with van der Waals surface area (Å²) in [6.07, 6.45) is 0.255. The molecule has 146 valence electrons. The Bertz CT molecular complexity index is 864. The zero-order valence-electron chi connectivity index (χ0n) is 13.8. The summed E-state index contributed by atoms with van der Waals surface area (Å²) in [5.41, 5.74) is -3.11. The number of hydrogen-bond acceptors (Lipinski definition) is 2. The molecule has 0 bridgehead atoms. The number of aliphatic hydroxyl groups is 1. The highest BCUT2D eigenvalue weighted by atomic mass is 79.9. The van der Waals surface area contributed by atoms with Crippen molar-refractivity contribution in [2.75, 3.05) is 0 Å². The molecule has 2 aromatic carbocycles. The van der Waals surface area contributed by atoms with Gasteiger partial charge in [-0.2, -0.15) is 17.6 Å². The first-order chi connectivity index (χ1) is 12.5. The lowest BCUT2D eigenvalue weighted by atomic mass is 9.76. The molecule has 1 saturated carbocycles. The molecule has 9 heteroatoms. The third-order valence-corrected chi connectivity index (χ3v) is 5.82. The molecule has 2 atom stereocenters. The van der Waals surface area contributed by atoms with Crippen molar-refractivity contribution >= 4 is 32.6 Å². The number of carbonyl (C=O) groups is 1. The van der Waals surface area contributed by atoms with Gasteiger partial charge in [-0.3, -0.25) is 4.79 Å². The highest BCUT2D eigenvalue weighted by Gasteiger charge is 2.97. The van der Waals surface area contributed by atoms with E-state index >= 15 is 0 Å². The molecular formula is C18H15BrF5NO2. The fraction of sp³-hybridized carbons (Fsp3) is 0.389. The fourth-order valence-electron chi connectivity index (χ4n) is 3.16. The first kappa shape index (κ1) is 20.0. The van der Waals surface area contributed by atoms with Crippen LogP contribution >= 0.6 is 15.9 Å². The van der Waals surface area contributed by atoms with Crippen LogP contribution in [-0.4, -0.2) is 33.2 Å². The summed E-state index contributed by atoms with van der Waals surface area (Å²) in [6, 6.07) is 13.1. The molecule has 0 aliphatic heterocycles. The summed E-state index contributed by atoms with van der Waals surface area (Å²) in [4.78, 5) is 11.9. The maximum atomic E-state index is 13.9. The van der Waals surface area contributed by atoms with Gasteiger partial charge in [0.25, 0.3) is 10.3 Å². The summed E-state index contributed by atoms with van der Waals surface area (Å²) < 4.78 is 63.1. The van der Waals surface area contributed by atoms with Crippen molar-refractivity contribution in [2.24, 2.45) is 0 Å². The van der Waals surface area contributed by atoms with Crippen LogP contribution in [0.2, 0.25) is 0 Å². The van der Waals surface area contributed by atoms with E-state index in [0.717, 1.165) is 16.3 Å². The van der Waals surface area contributed by atoms with Crippen LogP contribution in [0.1, 0.15) is 18.4 Å². The first-order valence-corrected chi connectivity index (χ1v) is 8.88. The van der Waals surface area contributed by atoms with E-state index in [-0.39, 0.29) is 12.8 Å². The van der Waals surface area contributed by atoms with Gasteiger partial charge in [0.1, 0.15) is 0 Å². The molecule has 2 aromatic rings. The Kier molecular flexibility index (Phi) is 4.75. The molecule has 1 aliphatic carbocycles. The van der Waals surface area contributed by atoms with Crippen molar-refractivity contribution in [1.29, 1.82) is 0 Å². The summed E-state index contributed by atoms with van der Waals surface area (Å²) in [5.74, 6) is -11.5. The molecular weight excluding hydrogens is 437 g/mol. The number of aryl methyl sites for hydroxylation is 1. The molecule has 1 amide bonds. The number of rotatable bonds is 5. The van der Waals surface area contributed by atoms with Crippen LogP contribution in [-0.2, 0) is 11.2 Å². The molecule has 0 saturated heterocycles. The van der Waals surface area contributed by atoms with Crippen molar-refractivity contribution in [3.05, 3.63) is 48.0 Å². The molecule has 1 fully saturated rings. The molecule has 3 rings (SSSR count). The fourth-order valence-corrected chi connectivity index (χ4v) is 3.75. The van der Waals surface area contributed by atoms with Gasteiger partial charge in [-0.15, -0.1) is 0 Å². The Morgan fingerprint density at radius 1 is 1.00 bits per heavy atom. The second kappa shape index (κ2) is 6.41. The van der Waals surface area contributed by atoms with Crippen LogP contribution in [0.25, 0.3) is 10.8 Å². The Hall–Kier alpha value is -1.74. The van der Waals surface area contributed by atoms with Crippen LogP contribution in [0.5, 0.6) is 0 Å². The topological polar surface area (TPSA) is 49.3 Å². The number of benzene rings is 2. The van der Waals surface area contributed by atoms with E-state index in [2.05, 4.69) is 0 Å².